The average Bonchev–Trinajstić information content (AvgIpc) is 3.05. The standard InChI is InChI=1S/C18H16N4O2/c23-16-8-4-7-15(19-16)18(24)22-10-9-14-13(11-22)17(21-20-14)12-5-2-1-3-6-12/h1-8H,9-11H2,(H,19,23)(H,20,21). The number of benzene rings is 1. The number of pyridine rings is 1. The van der Waals surface area contributed by atoms with Crippen LogP contribution in [0.2, 0.25) is 0 Å². The number of nitrogens with one attached hydrogen (secondary N) is 2. The molecule has 2 N–H and O–H groups in total. The maximum absolute atomic E-state index is 12.7. The quantitative estimate of drug-likeness (QED) is 0.757. The molecule has 0 atom stereocenters. The van der Waals surface area contributed by atoms with E-state index in [2.05, 4.69) is 15.2 Å². The van der Waals surface area contributed by atoms with Gasteiger partial charge in [-0.05, 0) is 6.07 Å². The number of hydrogen-bond donors (Lipinski definition) is 2. The van der Waals surface area contributed by atoms with Gasteiger partial charge in [-0.3, -0.25) is 14.7 Å². The predicted molar refractivity (Wildman–Crippen MR) is 89.5 cm³/mol. The molecule has 2 aromatic heterocycles. The van der Waals surface area contributed by atoms with Gasteiger partial charge in [0.25, 0.3) is 5.91 Å². The Balaban J connectivity index is 1.65. The molecule has 1 aliphatic heterocycles. The normalized spacial score (nSPS) is 13.6. The van der Waals surface area contributed by atoms with E-state index < -0.39 is 0 Å². The molecule has 6 heteroatoms. The number of hydrogen-bond acceptors (Lipinski definition) is 3. The second kappa shape index (κ2) is 5.81. The summed E-state index contributed by atoms with van der Waals surface area (Å²) in [5.74, 6) is -0.168. The van der Waals surface area contributed by atoms with Crippen LogP contribution in [0.3, 0.4) is 0 Å². The lowest BCUT2D eigenvalue weighted by atomic mass is 10.0. The molecule has 1 aliphatic rings. The number of nitrogens with zero attached hydrogens (tertiary/aromatic N) is 2. The largest absolute Gasteiger partial charge is 0.333 e. The molecule has 4 rings (SSSR count). The molecule has 3 heterocycles. The van der Waals surface area contributed by atoms with Gasteiger partial charge >= 0.3 is 0 Å². The molecule has 0 spiro atoms. The third kappa shape index (κ3) is 2.52. The van der Waals surface area contributed by atoms with E-state index in [0.29, 0.717) is 18.8 Å². The molecule has 0 saturated heterocycles. The van der Waals surface area contributed by atoms with Gasteiger partial charge in [0.2, 0.25) is 5.56 Å². The van der Waals surface area contributed by atoms with Crippen molar-refractivity contribution in [2.45, 2.75) is 13.0 Å². The van der Waals surface area contributed by atoms with Crippen molar-refractivity contribution in [3.63, 3.8) is 0 Å². The van der Waals surface area contributed by atoms with Crippen LogP contribution < -0.4 is 5.56 Å². The summed E-state index contributed by atoms with van der Waals surface area (Å²) in [4.78, 5) is 28.4. The summed E-state index contributed by atoms with van der Waals surface area (Å²) in [6, 6.07) is 14.5. The summed E-state index contributed by atoms with van der Waals surface area (Å²) in [6.45, 7) is 1.07. The molecule has 0 aliphatic carbocycles. The SMILES string of the molecule is O=C(c1cccc(=O)[nH]1)N1CCc2[nH]nc(-c3ccccc3)c2C1. The van der Waals surface area contributed by atoms with Crippen LogP contribution in [-0.2, 0) is 13.0 Å². The summed E-state index contributed by atoms with van der Waals surface area (Å²) in [6.07, 6.45) is 0.720. The Kier molecular flexibility index (Phi) is 3.49. The fraction of sp³-hybridized carbons (Fsp3) is 0.167. The van der Waals surface area contributed by atoms with Gasteiger partial charge in [-0.2, -0.15) is 5.10 Å². The van der Waals surface area contributed by atoms with Crippen LogP contribution in [0.15, 0.2) is 53.3 Å². The molecule has 0 saturated carbocycles. The number of aromatic nitrogens is 3. The van der Waals surface area contributed by atoms with Crippen LogP contribution in [0.25, 0.3) is 11.3 Å². The van der Waals surface area contributed by atoms with Crippen LogP contribution >= 0.6 is 0 Å². The first-order chi connectivity index (χ1) is 11.7. The lowest BCUT2D eigenvalue weighted by Gasteiger charge is -2.27. The number of fused-ring (bicyclic) bond motifs is 1. The van der Waals surface area contributed by atoms with Gasteiger partial charge in [0.15, 0.2) is 0 Å². The summed E-state index contributed by atoms with van der Waals surface area (Å²) in [7, 11) is 0. The molecule has 120 valence electrons. The second-order valence-electron chi connectivity index (χ2n) is 5.80. The summed E-state index contributed by atoms with van der Waals surface area (Å²) in [5.41, 5.74) is 4.06. The number of carbonyl (C=O) groups is 1. The Bertz CT molecular complexity index is 943. The Morgan fingerprint density at radius 2 is 1.92 bits per heavy atom. The molecule has 0 bridgehead atoms. The van der Waals surface area contributed by atoms with Crippen molar-refractivity contribution in [2.24, 2.45) is 0 Å². The summed E-state index contributed by atoms with van der Waals surface area (Å²) in [5, 5.41) is 7.52. The Morgan fingerprint density at radius 1 is 1.08 bits per heavy atom. The first-order valence-corrected chi connectivity index (χ1v) is 7.82. The van der Waals surface area contributed by atoms with Crippen LogP contribution in [-0.4, -0.2) is 32.5 Å². The molecule has 0 unspecified atom stereocenters. The molecule has 1 aromatic carbocycles. The van der Waals surface area contributed by atoms with Gasteiger partial charge in [-0.15, -0.1) is 0 Å². The number of H-pyrrole nitrogens is 2. The highest BCUT2D eigenvalue weighted by Crippen LogP contribution is 2.28. The molecule has 0 fully saturated rings. The highest BCUT2D eigenvalue weighted by molar-refractivity contribution is 5.92. The van der Waals surface area contributed by atoms with Gasteiger partial charge in [0, 0.05) is 35.9 Å². The zero-order chi connectivity index (χ0) is 16.5. The van der Waals surface area contributed by atoms with Crippen molar-refractivity contribution in [2.75, 3.05) is 6.54 Å². The van der Waals surface area contributed by atoms with Crippen molar-refractivity contribution < 1.29 is 4.79 Å². The van der Waals surface area contributed by atoms with E-state index >= 15 is 0 Å². The first kappa shape index (κ1) is 14.4. The molecule has 0 radical (unpaired) electrons. The predicted octanol–water partition coefficient (Wildman–Crippen LogP) is 1.96. The van der Waals surface area contributed by atoms with E-state index in [-0.39, 0.29) is 11.5 Å². The highest BCUT2D eigenvalue weighted by Gasteiger charge is 2.26. The average molecular weight is 320 g/mol. The fourth-order valence-corrected chi connectivity index (χ4v) is 3.05. The Morgan fingerprint density at radius 3 is 2.71 bits per heavy atom. The maximum atomic E-state index is 12.7. The minimum Gasteiger partial charge on any atom is -0.333 e. The zero-order valence-electron chi connectivity index (χ0n) is 13.0. The first-order valence-electron chi connectivity index (χ1n) is 7.82. The second-order valence-corrected chi connectivity index (χ2v) is 5.80. The molecule has 24 heavy (non-hydrogen) atoms. The Hall–Kier alpha value is -3.15. The van der Waals surface area contributed by atoms with Crippen LogP contribution in [0.1, 0.15) is 21.7 Å². The van der Waals surface area contributed by atoms with Gasteiger partial charge in [-0.25, -0.2) is 0 Å². The van der Waals surface area contributed by atoms with Gasteiger partial charge < -0.3 is 9.88 Å². The fourth-order valence-electron chi connectivity index (χ4n) is 3.05. The van der Waals surface area contributed by atoms with Crippen LogP contribution in [0.5, 0.6) is 0 Å². The van der Waals surface area contributed by atoms with Crippen molar-refractivity contribution in [1.29, 1.82) is 0 Å². The summed E-state index contributed by atoms with van der Waals surface area (Å²) < 4.78 is 0. The van der Waals surface area contributed by atoms with E-state index in [1.54, 1.807) is 17.0 Å². The smallest absolute Gasteiger partial charge is 0.270 e. The van der Waals surface area contributed by atoms with Gasteiger partial charge in [0.1, 0.15) is 5.69 Å². The van der Waals surface area contributed by atoms with Gasteiger partial charge in [0.05, 0.1) is 12.2 Å². The minimum atomic E-state index is -0.271. The number of amides is 1. The van der Waals surface area contributed by atoms with Crippen molar-refractivity contribution in [1.82, 2.24) is 20.1 Å². The Labute approximate surface area is 138 Å². The third-order valence-electron chi connectivity index (χ3n) is 4.27. The minimum absolute atomic E-state index is 0.168. The number of rotatable bonds is 2. The number of carbonyl (C=O) groups excluding carboxylic acids is 1. The monoisotopic (exact) mass is 320 g/mol. The van der Waals surface area contributed by atoms with Crippen LogP contribution in [0.4, 0.5) is 0 Å². The van der Waals surface area contributed by atoms with Gasteiger partial charge in [-0.1, -0.05) is 36.4 Å². The lowest BCUT2D eigenvalue weighted by molar-refractivity contribution is 0.0728. The summed E-state index contributed by atoms with van der Waals surface area (Å²) >= 11 is 0. The van der Waals surface area contributed by atoms with E-state index in [1.165, 1.54) is 6.07 Å². The third-order valence-corrected chi connectivity index (χ3v) is 4.27. The lowest BCUT2D eigenvalue weighted by Crippen LogP contribution is -2.37. The van der Waals surface area contributed by atoms with E-state index in [1.807, 2.05) is 30.3 Å². The van der Waals surface area contributed by atoms with Crippen molar-refractivity contribution in [3.05, 3.63) is 75.8 Å². The molecule has 6 nitrogen and oxygen atoms in total. The number of aromatic amines is 2. The van der Waals surface area contributed by atoms with Crippen molar-refractivity contribution >= 4 is 5.91 Å². The highest BCUT2D eigenvalue weighted by atomic mass is 16.2. The maximum Gasteiger partial charge on any atom is 0.270 e. The zero-order valence-corrected chi connectivity index (χ0v) is 13.0. The molecule has 3 aromatic rings. The molecular weight excluding hydrogens is 304 g/mol. The van der Waals surface area contributed by atoms with E-state index in [9.17, 15) is 9.59 Å². The molecule has 1 amide bonds. The molecular formula is C18H16N4O2. The van der Waals surface area contributed by atoms with E-state index in [4.69, 9.17) is 0 Å². The van der Waals surface area contributed by atoms with E-state index in [0.717, 1.165) is 28.9 Å². The topological polar surface area (TPSA) is 81.9 Å². The van der Waals surface area contributed by atoms with Crippen LogP contribution in [0, 0.1) is 0 Å². The van der Waals surface area contributed by atoms with Crippen molar-refractivity contribution in [3.8, 4) is 11.3 Å².